The van der Waals surface area contributed by atoms with Gasteiger partial charge < -0.3 is 10.2 Å². The Balaban J connectivity index is 1.71. The zero-order valence-corrected chi connectivity index (χ0v) is 24.2. The molecule has 4 rings (SSSR count). The van der Waals surface area contributed by atoms with Crippen LogP contribution in [0, 0.1) is 5.82 Å². The maximum atomic E-state index is 14.7. The van der Waals surface area contributed by atoms with Gasteiger partial charge in [0.2, 0.25) is 11.8 Å². The average molecular weight is 607 g/mol. The number of carbonyl (C=O) groups is 2. The van der Waals surface area contributed by atoms with E-state index in [1.54, 1.807) is 31.2 Å². The maximum Gasteiger partial charge on any atom is 0.264 e. The van der Waals surface area contributed by atoms with Crippen molar-refractivity contribution < 1.29 is 22.4 Å². The van der Waals surface area contributed by atoms with Crippen LogP contribution in [-0.4, -0.2) is 43.8 Å². The first-order valence-electron chi connectivity index (χ1n) is 12.9. The van der Waals surface area contributed by atoms with E-state index < -0.39 is 34.3 Å². The molecule has 0 saturated heterocycles. The van der Waals surface area contributed by atoms with Gasteiger partial charge in [0.25, 0.3) is 10.0 Å². The van der Waals surface area contributed by atoms with Crippen LogP contribution in [-0.2, 0) is 26.2 Å². The van der Waals surface area contributed by atoms with E-state index in [0.29, 0.717) is 0 Å². The lowest BCUT2D eigenvalue weighted by Crippen LogP contribution is -2.52. The van der Waals surface area contributed by atoms with Gasteiger partial charge in [-0.3, -0.25) is 13.9 Å². The molecule has 1 fully saturated rings. The molecule has 1 aliphatic carbocycles. The van der Waals surface area contributed by atoms with Gasteiger partial charge in [0.15, 0.2) is 0 Å². The summed E-state index contributed by atoms with van der Waals surface area (Å²) in [5, 5.41) is 3.33. The minimum absolute atomic E-state index is 0.00363. The summed E-state index contributed by atoms with van der Waals surface area (Å²) in [6.45, 7) is 0.638. The number of amides is 2. The summed E-state index contributed by atoms with van der Waals surface area (Å²) in [5.74, 6) is -1.63. The van der Waals surface area contributed by atoms with Crippen LogP contribution in [0.3, 0.4) is 0 Å². The quantitative estimate of drug-likeness (QED) is 0.316. The van der Waals surface area contributed by atoms with Crippen molar-refractivity contribution in [1.29, 1.82) is 0 Å². The van der Waals surface area contributed by atoms with Crippen LogP contribution in [0.25, 0.3) is 0 Å². The number of carbonyl (C=O) groups excluding carboxylic acids is 2. The van der Waals surface area contributed by atoms with Crippen molar-refractivity contribution in [2.75, 3.05) is 10.8 Å². The molecular weight excluding hydrogens is 576 g/mol. The number of hydrogen-bond donors (Lipinski definition) is 1. The Bertz CT molecular complexity index is 1450. The van der Waals surface area contributed by atoms with Gasteiger partial charge in [0.05, 0.1) is 10.6 Å². The third-order valence-corrected chi connectivity index (χ3v) is 9.14. The van der Waals surface area contributed by atoms with Crippen molar-refractivity contribution in [2.45, 2.75) is 56.1 Å². The van der Waals surface area contributed by atoms with Crippen LogP contribution in [0.4, 0.5) is 10.1 Å². The lowest BCUT2D eigenvalue weighted by Gasteiger charge is -2.32. The van der Waals surface area contributed by atoms with E-state index in [4.69, 9.17) is 23.2 Å². The summed E-state index contributed by atoms with van der Waals surface area (Å²) in [5.41, 5.74) is 0.267. The Morgan fingerprint density at radius 1 is 0.975 bits per heavy atom. The summed E-state index contributed by atoms with van der Waals surface area (Å²) >= 11 is 12.4. The predicted octanol–water partition coefficient (Wildman–Crippen LogP) is 5.80. The van der Waals surface area contributed by atoms with E-state index in [1.165, 1.54) is 53.4 Å². The molecule has 40 heavy (non-hydrogen) atoms. The van der Waals surface area contributed by atoms with Crippen molar-refractivity contribution in [2.24, 2.45) is 0 Å². The summed E-state index contributed by atoms with van der Waals surface area (Å²) in [6.07, 6.45) is 3.70. The molecule has 2 amide bonds. The van der Waals surface area contributed by atoms with Crippen LogP contribution < -0.4 is 9.62 Å². The van der Waals surface area contributed by atoms with Crippen LogP contribution in [0.5, 0.6) is 0 Å². The Morgan fingerprint density at radius 2 is 1.57 bits per heavy atom. The van der Waals surface area contributed by atoms with Gasteiger partial charge in [-0.05, 0) is 56.2 Å². The lowest BCUT2D eigenvalue weighted by molar-refractivity contribution is -0.139. The molecule has 0 aromatic heterocycles. The van der Waals surface area contributed by atoms with Crippen LogP contribution in [0.1, 0.15) is 38.2 Å². The molecule has 3 aromatic carbocycles. The molecule has 3 aromatic rings. The normalized spacial score (nSPS) is 14.5. The van der Waals surface area contributed by atoms with E-state index in [-0.39, 0.29) is 44.7 Å². The first kappa shape index (κ1) is 29.8. The van der Waals surface area contributed by atoms with Gasteiger partial charge in [-0.25, -0.2) is 12.8 Å². The first-order chi connectivity index (χ1) is 19.1. The fraction of sp³-hybridized carbons (Fsp3) is 0.310. The van der Waals surface area contributed by atoms with E-state index >= 15 is 0 Å². The van der Waals surface area contributed by atoms with E-state index in [0.717, 1.165) is 30.0 Å². The van der Waals surface area contributed by atoms with Gasteiger partial charge in [0.1, 0.15) is 18.4 Å². The number of sulfonamides is 1. The minimum atomic E-state index is -4.27. The topological polar surface area (TPSA) is 86.8 Å². The predicted molar refractivity (Wildman–Crippen MR) is 154 cm³/mol. The molecule has 0 unspecified atom stereocenters. The highest BCUT2D eigenvalue weighted by Gasteiger charge is 2.34. The Morgan fingerprint density at radius 3 is 2.20 bits per heavy atom. The van der Waals surface area contributed by atoms with Gasteiger partial charge in [-0.1, -0.05) is 72.4 Å². The standard InChI is InChI=1S/C29H30Cl2FN3O4S/c1-20(29(37)33-24-10-6-7-11-24)34(18-21-9-5-8-14-27(21)32)28(36)19-35(25-16-22(30)15-23(31)17-25)40(38,39)26-12-3-2-4-13-26/h2-5,8-9,12-17,20,24H,6-7,10-11,18-19H2,1H3,(H,33,37)/t20-/m1/s1. The Labute approximate surface area is 243 Å². The molecule has 1 aliphatic rings. The Hall–Kier alpha value is -3.14. The summed E-state index contributed by atoms with van der Waals surface area (Å²) < 4.78 is 43.1. The summed E-state index contributed by atoms with van der Waals surface area (Å²) in [7, 11) is -4.27. The monoisotopic (exact) mass is 605 g/mol. The molecule has 0 aliphatic heterocycles. The fourth-order valence-electron chi connectivity index (χ4n) is 4.72. The number of halogens is 3. The van der Waals surface area contributed by atoms with E-state index in [9.17, 15) is 22.4 Å². The van der Waals surface area contributed by atoms with Crippen molar-refractivity contribution in [3.05, 3.63) is 94.2 Å². The molecule has 1 N–H and O–H groups in total. The molecule has 7 nitrogen and oxygen atoms in total. The minimum Gasteiger partial charge on any atom is -0.352 e. The molecule has 212 valence electrons. The van der Waals surface area contributed by atoms with Crippen LogP contribution >= 0.6 is 23.2 Å². The molecule has 0 heterocycles. The van der Waals surface area contributed by atoms with E-state index in [2.05, 4.69) is 5.32 Å². The second kappa shape index (κ2) is 13.0. The maximum absolute atomic E-state index is 14.7. The molecular formula is C29H30Cl2FN3O4S. The van der Waals surface area contributed by atoms with Crippen molar-refractivity contribution in [3.63, 3.8) is 0 Å². The number of nitrogens with one attached hydrogen (secondary N) is 1. The largest absolute Gasteiger partial charge is 0.352 e. The van der Waals surface area contributed by atoms with Gasteiger partial charge >= 0.3 is 0 Å². The van der Waals surface area contributed by atoms with Gasteiger partial charge in [-0.2, -0.15) is 0 Å². The molecule has 0 bridgehead atoms. The number of benzene rings is 3. The zero-order chi connectivity index (χ0) is 28.9. The number of anilines is 1. The average Bonchev–Trinajstić information content (AvgIpc) is 3.43. The third kappa shape index (κ3) is 7.13. The highest BCUT2D eigenvalue weighted by Crippen LogP contribution is 2.30. The lowest BCUT2D eigenvalue weighted by atomic mass is 10.1. The second-order valence-corrected chi connectivity index (χ2v) is 12.5. The van der Waals surface area contributed by atoms with Crippen LogP contribution in [0.15, 0.2) is 77.7 Å². The van der Waals surface area contributed by atoms with Gasteiger partial charge in [0, 0.05) is 28.2 Å². The van der Waals surface area contributed by atoms with Crippen molar-refractivity contribution >= 4 is 50.7 Å². The molecule has 0 radical (unpaired) electrons. The fourth-order valence-corrected chi connectivity index (χ4v) is 6.65. The highest BCUT2D eigenvalue weighted by atomic mass is 35.5. The van der Waals surface area contributed by atoms with E-state index in [1.807, 2.05) is 0 Å². The SMILES string of the molecule is C[C@H](C(=O)NC1CCCC1)N(Cc1ccccc1F)C(=O)CN(c1cc(Cl)cc(Cl)c1)S(=O)(=O)c1ccccc1. The number of nitrogens with zero attached hydrogens (tertiary/aromatic N) is 2. The van der Waals surface area contributed by atoms with Gasteiger partial charge in [-0.15, -0.1) is 0 Å². The molecule has 11 heteroatoms. The summed E-state index contributed by atoms with van der Waals surface area (Å²) in [6, 6.07) is 16.8. The number of rotatable bonds is 10. The molecule has 1 atom stereocenters. The van der Waals surface area contributed by atoms with Crippen LogP contribution in [0.2, 0.25) is 10.0 Å². The third-order valence-electron chi connectivity index (χ3n) is 6.91. The summed E-state index contributed by atoms with van der Waals surface area (Å²) in [4.78, 5) is 28.3. The highest BCUT2D eigenvalue weighted by molar-refractivity contribution is 7.92. The first-order valence-corrected chi connectivity index (χ1v) is 15.1. The Kier molecular flexibility index (Phi) is 9.71. The second-order valence-electron chi connectivity index (χ2n) is 9.73. The van der Waals surface area contributed by atoms with Crippen molar-refractivity contribution in [1.82, 2.24) is 10.2 Å². The molecule has 1 saturated carbocycles. The molecule has 0 spiro atoms. The van der Waals surface area contributed by atoms with Crippen molar-refractivity contribution in [3.8, 4) is 0 Å². The number of hydrogen-bond acceptors (Lipinski definition) is 4. The smallest absolute Gasteiger partial charge is 0.264 e. The zero-order valence-electron chi connectivity index (χ0n) is 21.9.